The number of methoxy groups -OCH3 is 1. The lowest BCUT2D eigenvalue weighted by Crippen LogP contribution is -2.35. The third-order valence-electron chi connectivity index (χ3n) is 7.00. The Hall–Kier alpha value is -4.39. The first kappa shape index (κ1) is 31.0. The van der Waals surface area contributed by atoms with Gasteiger partial charge in [-0.15, -0.1) is 0 Å². The van der Waals surface area contributed by atoms with Crippen molar-refractivity contribution in [2.24, 2.45) is 0 Å². The van der Waals surface area contributed by atoms with E-state index >= 15 is 4.39 Å². The second kappa shape index (κ2) is 14.4. The average molecular weight is 623 g/mol. The molecule has 0 radical (unpaired) electrons. The molecule has 1 unspecified atom stereocenters. The summed E-state index contributed by atoms with van der Waals surface area (Å²) >= 11 is 5.17. The van der Waals surface area contributed by atoms with Gasteiger partial charge in [0, 0.05) is 35.9 Å². The molecule has 1 fully saturated rings. The van der Waals surface area contributed by atoms with Crippen molar-refractivity contribution in [1.82, 2.24) is 15.2 Å². The number of β-amino-alcohol motifs (C(OH)–C–C–N with tert-alkyl or cyclic N) is 1. The molecule has 1 saturated heterocycles. The fraction of sp³-hybridized carbons (Fsp3) is 0.281. The number of thiocarbonyl (C=S) groups is 1. The van der Waals surface area contributed by atoms with Crippen molar-refractivity contribution in [3.05, 3.63) is 84.1 Å². The van der Waals surface area contributed by atoms with E-state index in [2.05, 4.69) is 20.5 Å². The Balaban J connectivity index is 1.22. The van der Waals surface area contributed by atoms with Crippen LogP contribution in [-0.4, -0.2) is 65.5 Å². The second-order valence-electron chi connectivity index (χ2n) is 10.4. The molecule has 2 heterocycles. The highest BCUT2D eigenvalue weighted by atomic mass is 32.1. The lowest BCUT2D eigenvalue weighted by atomic mass is 10.1. The average Bonchev–Trinajstić information content (AvgIpc) is 3.50. The number of aromatic nitrogens is 1. The highest BCUT2D eigenvalue weighted by molar-refractivity contribution is 7.80. The Kier molecular flexibility index (Phi) is 10.2. The normalized spacial score (nSPS) is 13.8. The summed E-state index contributed by atoms with van der Waals surface area (Å²) in [4.78, 5) is 18.9. The third kappa shape index (κ3) is 8.16. The standard InChI is InChI=1S/C32H32F2N4O5S/c1-41-29-16-24-26(17-30(29)42-19-23(39)18-38-11-2-3-12-38)35-10-9-27(24)43-28-8-7-22(15-25(28)34)36-32(44)37-31(40)14-20-5-4-6-21(33)13-20/h4-10,13,15-17,23,39H,2-3,11-12,14,18-19H2,1H3,(H2,36,37,40,44). The number of ether oxygens (including phenoxy) is 3. The van der Waals surface area contributed by atoms with E-state index in [4.69, 9.17) is 26.4 Å². The number of nitrogens with one attached hydrogen (secondary N) is 2. The number of hydrogen-bond donors (Lipinski definition) is 3. The molecule has 0 bridgehead atoms. The van der Waals surface area contributed by atoms with E-state index in [0.29, 0.717) is 45.9 Å². The fourth-order valence-electron chi connectivity index (χ4n) is 4.94. The predicted octanol–water partition coefficient (Wildman–Crippen LogP) is 5.21. The molecular weight excluding hydrogens is 590 g/mol. The van der Waals surface area contributed by atoms with Gasteiger partial charge in [0.05, 0.1) is 19.0 Å². The smallest absolute Gasteiger partial charge is 0.230 e. The van der Waals surface area contributed by atoms with Gasteiger partial charge in [0.1, 0.15) is 24.3 Å². The number of amides is 1. The van der Waals surface area contributed by atoms with E-state index in [0.717, 1.165) is 25.9 Å². The van der Waals surface area contributed by atoms with Gasteiger partial charge in [0.2, 0.25) is 5.91 Å². The fourth-order valence-corrected chi connectivity index (χ4v) is 5.17. The zero-order valence-corrected chi connectivity index (χ0v) is 24.8. The Labute approximate surface area is 258 Å². The van der Waals surface area contributed by atoms with Crippen LogP contribution in [0, 0.1) is 11.6 Å². The number of pyridine rings is 1. The van der Waals surface area contributed by atoms with Crippen molar-refractivity contribution < 1.29 is 32.9 Å². The molecule has 0 saturated carbocycles. The minimum atomic E-state index is -0.673. The number of aliphatic hydroxyl groups is 1. The molecule has 44 heavy (non-hydrogen) atoms. The van der Waals surface area contributed by atoms with Gasteiger partial charge in [-0.3, -0.25) is 9.78 Å². The van der Waals surface area contributed by atoms with Crippen molar-refractivity contribution in [1.29, 1.82) is 0 Å². The minimum Gasteiger partial charge on any atom is -0.493 e. The molecule has 230 valence electrons. The molecule has 4 aromatic rings. The van der Waals surface area contributed by atoms with Crippen molar-refractivity contribution in [3.63, 3.8) is 0 Å². The van der Waals surface area contributed by atoms with Crippen LogP contribution in [0.15, 0.2) is 66.9 Å². The first-order valence-electron chi connectivity index (χ1n) is 14.1. The van der Waals surface area contributed by atoms with Gasteiger partial charge >= 0.3 is 0 Å². The van der Waals surface area contributed by atoms with Gasteiger partial charge in [0.25, 0.3) is 0 Å². The minimum absolute atomic E-state index is 0.0340. The number of nitrogens with zero attached hydrogens (tertiary/aromatic N) is 2. The second-order valence-corrected chi connectivity index (χ2v) is 10.8. The number of carbonyl (C=O) groups excluding carboxylic acids is 1. The van der Waals surface area contributed by atoms with Crippen LogP contribution in [0.2, 0.25) is 0 Å². The zero-order chi connectivity index (χ0) is 31.1. The van der Waals surface area contributed by atoms with Gasteiger partial charge < -0.3 is 34.9 Å². The number of likely N-dealkylation sites (tertiary alicyclic amines) is 1. The monoisotopic (exact) mass is 622 g/mol. The molecule has 1 amide bonds. The van der Waals surface area contributed by atoms with Crippen LogP contribution >= 0.6 is 12.2 Å². The molecular formula is C32H32F2N4O5S. The topological polar surface area (TPSA) is 105 Å². The quantitative estimate of drug-likeness (QED) is 0.195. The van der Waals surface area contributed by atoms with E-state index in [1.54, 1.807) is 30.3 Å². The lowest BCUT2D eigenvalue weighted by Gasteiger charge is -2.20. The molecule has 1 aliphatic heterocycles. The molecule has 5 rings (SSSR count). The maximum Gasteiger partial charge on any atom is 0.230 e. The molecule has 3 aromatic carbocycles. The first-order valence-corrected chi connectivity index (χ1v) is 14.5. The Bertz CT molecular complexity index is 1650. The molecule has 0 aliphatic carbocycles. The number of benzene rings is 3. The maximum absolute atomic E-state index is 15.1. The Morgan fingerprint density at radius 3 is 2.61 bits per heavy atom. The largest absolute Gasteiger partial charge is 0.493 e. The number of fused-ring (bicyclic) bond motifs is 1. The van der Waals surface area contributed by atoms with Crippen molar-refractivity contribution >= 4 is 39.8 Å². The van der Waals surface area contributed by atoms with Crippen molar-refractivity contribution in [3.8, 4) is 23.0 Å². The predicted molar refractivity (Wildman–Crippen MR) is 166 cm³/mol. The maximum atomic E-state index is 15.1. The SMILES string of the molecule is COc1cc2c(Oc3ccc(NC(=S)NC(=O)Cc4cccc(F)c4)cc3F)ccnc2cc1OCC(O)CN1CCCC1. The number of hydrogen-bond acceptors (Lipinski definition) is 8. The molecule has 1 aromatic heterocycles. The number of halogens is 2. The molecule has 9 nitrogen and oxygen atoms in total. The third-order valence-corrected chi connectivity index (χ3v) is 7.21. The van der Waals surface area contributed by atoms with E-state index in [1.165, 1.54) is 43.6 Å². The van der Waals surface area contributed by atoms with Gasteiger partial charge in [-0.2, -0.15) is 0 Å². The summed E-state index contributed by atoms with van der Waals surface area (Å²) in [7, 11) is 1.51. The summed E-state index contributed by atoms with van der Waals surface area (Å²) in [5, 5.41) is 16.2. The summed E-state index contributed by atoms with van der Waals surface area (Å²) < 4.78 is 45.8. The molecule has 1 atom stereocenters. The lowest BCUT2D eigenvalue weighted by molar-refractivity contribution is -0.119. The summed E-state index contributed by atoms with van der Waals surface area (Å²) in [5.74, 6) is -0.427. The Morgan fingerprint density at radius 2 is 1.86 bits per heavy atom. The summed E-state index contributed by atoms with van der Waals surface area (Å²) in [6, 6.07) is 14.9. The van der Waals surface area contributed by atoms with E-state index in [9.17, 15) is 14.3 Å². The highest BCUT2D eigenvalue weighted by Gasteiger charge is 2.18. The van der Waals surface area contributed by atoms with Crippen LogP contribution in [0.25, 0.3) is 10.9 Å². The number of aliphatic hydroxyl groups excluding tert-OH is 1. The van der Waals surface area contributed by atoms with E-state index in [-0.39, 0.29) is 23.9 Å². The van der Waals surface area contributed by atoms with Gasteiger partial charge in [0.15, 0.2) is 28.2 Å². The summed E-state index contributed by atoms with van der Waals surface area (Å²) in [6.07, 6.45) is 3.10. The van der Waals surface area contributed by atoms with Gasteiger partial charge in [-0.1, -0.05) is 12.1 Å². The molecule has 0 spiro atoms. The molecule has 12 heteroatoms. The van der Waals surface area contributed by atoms with Crippen molar-refractivity contribution in [2.45, 2.75) is 25.4 Å². The van der Waals surface area contributed by atoms with Crippen LogP contribution in [0.3, 0.4) is 0 Å². The number of carbonyl (C=O) groups is 1. The van der Waals surface area contributed by atoms with E-state index in [1.807, 2.05) is 0 Å². The van der Waals surface area contributed by atoms with Crippen LogP contribution in [0.4, 0.5) is 14.5 Å². The summed E-state index contributed by atoms with van der Waals surface area (Å²) in [6.45, 7) is 2.60. The van der Waals surface area contributed by atoms with Crippen LogP contribution in [0.5, 0.6) is 23.0 Å². The first-order chi connectivity index (χ1) is 21.3. The van der Waals surface area contributed by atoms with Gasteiger partial charge in [-0.25, -0.2) is 8.78 Å². The Morgan fingerprint density at radius 1 is 1.05 bits per heavy atom. The van der Waals surface area contributed by atoms with Crippen LogP contribution in [0.1, 0.15) is 18.4 Å². The van der Waals surface area contributed by atoms with Crippen molar-refractivity contribution in [2.75, 3.05) is 38.7 Å². The van der Waals surface area contributed by atoms with E-state index < -0.39 is 23.6 Å². The van der Waals surface area contributed by atoms with Gasteiger partial charge in [-0.05, 0) is 80.1 Å². The number of anilines is 1. The zero-order valence-electron chi connectivity index (χ0n) is 24.0. The highest BCUT2D eigenvalue weighted by Crippen LogP contribution is 2.38. The van der Waals surface area contributed by atoms with Crippen LogP contribution in [-0.2, 0) is 11.2 Å². The number of rotatable bonds is 11. The summed E-state index contributed by atoms with van der Waals surface area (Å²) in [5.41, 5.74) is 1.32. The molecule has 1 aliphatic rings. The van der Waals surface area contributed by atoms with Crippen LogP contribution < -0.4 is 24.8 Å². The molecule has 3 N–H and O–H groups in total.